The minimum absolute atomic E-state index is 0.0295. The Morgan fingerprint density at radius 2 is 1.91 bits per heavy atom. The maximum atomic E-state index is 12.7. The summed E-state index contributed by atoms with van der Waals surface area (Å²) >= 11 is 6.64. The minimum Gasteiger partial charge on any atom is -0.382 e. The van der Waals surface area contributed by atoms with E-state index < -0.39 is 0 Å². The number of Topliss-reactive ketones (excluding diaryl/α,β-unsaturated/α-hetero) is 1. The van der Waals surface area contributed by atoms with Crippen molar-refractivity contribution in [2.45, 2.75) is 60.4 Å². The number of hydrazine groups is 1. The van der Waals surface area contributed by atoms with Gasteiger partial charge in [-0.2, -0.15) is 0 Å². The Morgan fingerprint density at radius 3 is 2.37 bits per heavy atom. The van der Waals surface area contributed by atoms with Crippen molar-refractivity contribution in [2.75, 3.05) is 0 Å². The first-order valence-electron chi connectivity index (χ1n) is 11.9. The van der Waals surface area contributed by atoms with E-state index in [1.54, 1.807) is 19.1 Å². The molecule has 0 saturated carbocycles. The zero-order chi connectivity index (χ0) is 26.5. The van der Waals surface area contributed by atoms with Crippen molar-refractivity contribution in [1.82, 2.24) is 10.4 Å². The van der Waals surface area contributed by atoms with Crippen LogP contribution in [0.5, 0.6) is 0 Å². The molecule has 1 aromatic rings. The Bertz CT molecular complexity index is 1020. The van der Waals surface area contributed by atoms with Crippen LogP contribution in [0.25, 0.3) is 5.57 Å². The van der Waals surface area contributed by atoms with E-state index in [1.165, 1.54) is 0 Å². The van der Waals surface area contributed by atoms with Gasteiger partial charge in [0.15, 0.2) is 11.6 Å². The summed E-state index contributed by atoms with van der Waals surface area (Å²) in [6, 6.07) is 8.08. The largest absolute Gasteiger partial charge is 0.382 e. The first kappa shape index (κ1) is 29.9. The topological polar surface area (TPSA) is 96.7 Å². The average Bonchev–Trinajstić information content (AvgIpc) is 2.82. The van der Waals surface area contributed by atoms with Gasteiger partial charge in [-0.15, -0.1) is 5.10 Å². The highest BCUT2D eigenvalue weighted by molar-refractivity contribution is 6.32. The number of allylic oxidation sites excluding steroid dienone is 6. The molecule has 0 amide bonds. The zero-order valence-corrected chi connectivity index (χ0v) is 22.5. The number of carbonyl (C=O) groups excluding carboxylic acids is 1. The third-order valence-electron chi connectivity index (χ3n) is 5.47. The van der Waals surface area contributed by atoms with E-state index >= 15 is 0 Å². The number of nitrogens with two attached hydrogens (primary N) is 2. The molecule has 0 aliphatic carbocycles. The number of unbranched alkanes of at least 4 members (excludes halogenated alkanes) is 1. The van der Waals surface area contributed by atoms with Crippen LogP contribution in [-0.4, -0.2) is 16.5 Å². The molecular formula is C28H40ClN5O. The lowest BCUT2D eigenvalue weighted by Gasteiger charge is -2.30. The zero-order valence-electron chi connectivity index (χ0n) is 21.7. The number of ketones is 1. The van der Waals surface area contributed by atoms with Crippen molar-refractivity contribution >= 4 is 28.8 Å². The van der Waals surface area contributed by atoms with Crippen molar-refractivity contribution in [3.63, 3.8) is 0 Å². The van der Waals surface area contributed by atoms with Crippen LogP contribution in [0, 0.1) is 5.92 Å². The molecule has 0 aliphatic heterocycles. The second kappa shape index (κ2) is 15.0. The van der Waals surface area contributed by atoms with Crippen molar-refractivity contribution < 1.29 is 4.79 Å². The predicted molar refractivity (Wildman–Crippen MR) is 150 cm³/mol. The van der Waals surface area contributed by atoms with Gasteiger partial charge in [0.25, 0.3) is 0 Å². The first-order chi connectivity index (χ1) is 16.6. The van der Waals surface area contributed by atoms with E-state index in [-0.39, 0.29) is 17.5 Å². The first-order valence-corrected chi connectivity index (χ1v) is 12.2. The van der Waals surface area contributed by atoms with Gasteiger partial charge in [0.05, 0.1) is 5.70 Å². The van der Waals surface area contributed by atoms with Gasteiger partial charge in [-0.1, -0.05) is 94.4 Å². The van der Waals surface area contributed by atoms with Gasteiger partial charge in [-0.3, -0.25) is 4.79 Å². The van der Waals surface area contributed by atoms with Crippen molar-refractivity contribution in [3.8, 4) is 0 Å². The molecule has 0 fully saturated rings. The minimum atomic E-state index is -0.0725. The van der Waals surface area contributed by atoms with Gasteiger partial charge in [0, 0.05) is 29.8 Å². The molecule has 5 N–H and O–H groups in total. The number of hydrazone groups is 1. The monoisotopic (exact) mass is 497 g/mol. The number of nitrogens with one attached hydrogen (secondary N) is 1. The van der Waals surface area contributed by atoms with Gasteiger partial charge in [0.1, 0.15) is 0 Å². The lowest BCUT2D eigenvalue weighted by molar-refractivity contribution is -0.115. The van der Waals surface area contributed by atoms with Crippen molar-refractivity contribution in [2.24, 2.45) is 22.6 Å². The van der Waals surface area contributed by atoms with Crippen LogP contribution in [0.3, 0.4) is 0 Å². The van der Waals surface area contributed by atoms with E-state index in [0.29, 0.717) is 22.8 Å². The summed E-state index contributed by atoms with van der Waals surface area (Å²) in [5.74, 6) is 5.52. The van der Waals surface area contributed by atoms with Crippen LogP contribution in [0.4, 0.5) is 0 Å². The molecule has 190 valence electrons. The van der Waals surface area contributed by atoms with Gasteiger partial charge >= 0.3 is 0 Å². The summed E-state index contributed by atoms with van der Waals surface area (Å²) in [5, 5.41) is 4.45. The normalized spacial score (nSPS) is 13.4. The van der Waals surface area contributed by atoms with E-state index in [0.717, 1.165) is 41.7 Å². The number of nitrogens with zero attached hydrogens (tertiary/aromatic N) is 2. The highest BCUT2D eigenvalue weighted by Gasteiger charge is 2.23. The summed E-state index contributed by atoms with van der Waals surface area (Å²) in [6.07, 6.45) is 8.22. The highest BCUT2D eigenvalue weighted by atomic mass is 35.5. The van der Waals surface area contributed by atoms with Crippen LogP contribution >= 0.6 is 11.6 Å². The number of amidine groups is 1. The van der Waals surface area contributed by atoms with Crippen molar-refractivity contribution in [1.29, 1.82) is 0 Å². The molecule has 0 atom stereocenters. The van der Waals surface area contributed by atoms with Crippen molar-refractivity contribution in [3.05, 3.63) is 88.8 Å². The summed E-state index contributed by atoms with van der Waals surface area (Å²) in [4.78, 5) is 14.6. The maximum absolute atomic E-state index is 12.7. The fourth-order valence-electron chi connectivity index (χ4n) is 3.64. The molecule has 0 heterocycles. The fourth-order valence-corrected chi connectivity index (χ4v) is 3.87. The highest BCUT2D eigenvalue weighted by Crippen LogP contribution is 2.30. The summed E-state index contributed by atoms with van der Waals surface area (Å²) in [6.45, 7) is 18.1. The van der Waals surface area contributed by atoms with Gasteiger partial charge in [-0.25, -0.2) is 11.4 Å². The Hall–Kier alpha value is -3.09. The second-order valence-electron chi connectivity index (χ2n) is 8.50. The number of hydrogen-bond acceptors (Lipinski definition) is 5. The lowest BCUT2D eigenvalue weighted by atomic mass is 9.95. The third-order valence-corrected chi connectivity index (χ3v) is 6.08. The fraction of sp³-hybridized carbons (Fsp3) is 0.357. The van der Waals surface area contributed by atoms with Crippen LogP contribution < -0.4 is 17.1 Å². The molecule has 6 nitrogen and oxygen atoms in total. The van der Waals surface area contributed by atoms with Gasteiger partial charge in [0.2, 0.25) is 0 Å². The molecular weight excluding hydrogens is 458 g/mol. The molecule has 0 unspecified atom stereocenters. The number of rotatable bonds is 14. The molecule has 35 heavy (non-hydrogen) atoms. The van der Waals surface area contributed by atoms with Gasteiger partial charge < -0.3 is 10.6 Å². The van der Waals surface area contributed by atoms with Gasteiger partial charge in [-0.05, 0) is 42.4 Å². The average molecular weight is 498 g/mol. The maximum Gasteiger partial charge on any atom is 0.177 e. The Labute approximate surface area is 215 Å². The molecule has 0 saturated heterocycles. The van der Waals surface area contributed by atoms with E-state index in [4.69, 9.17) is 23.2 Å². The number of carbonyl (C=O) groups is 1. The smallest absolute Gasteiger partial charge is 0.177 e. The third kappa shape index (κ3) is 8.57. The van der Waals surface area contributed by atoms with E-state index in [2.05, 4.69) is 30.7 Å². The van der Waals surface area contributed by atoms with E-state index in [1.807, 2.05) is 56.0 Å². The number of benzene rings is 1. The number of halogens is 1. The van der Waals surface area contributed by atoms with E-state index in [9.17, 15) is 4.79 Å². The lowest BCUT2D eigenvalue weighted by Crippen LogP contribution is -2.27. The Kier molecular flexibility index (Phi) is 12.8. The second-order valence-corrected chi connectivity index (χ2v) is 8.91. The molecule has 1 aromatic carbocycles. The van der Waals surface area contributed by atoms with Crippen LogP contribution in [0.15, 0.2) is 82.8 Å². The van der Waals surface area contributed by atoms with Crippen LogP contribution in [-0.2, 0) is 11.3 Å². The molecule has 0 aliphatic rings. The quantitative estimate of drug-likeness (QED) is 0.0716. The molecule has 0 bridgehead atoms. The predicted octanol–water partition coefficient (Wildman–Crippen LogP) is 6.14. The molecule has 7 heteroatoms. The summed E-state index contributed by atoms with van der Waals surface area (Å²) in [7, 11) is 0. The molecule has 0 spiro atoms. The molecule has 0 radical (unpaired) electrons. The Balaban J connectivity index is 3.43. The summed E-state index contributed by atoms with van der Waals surface area (Å²) in [5.41, 5.74) is 13.3. The Morgan fingerprint density at radius 1 is 1.29 bits per heavy atom. The molecule has 1 rings (SSSR count). The number of hydrogen-bond donors (Lipinski definition) is 3. The van der Waals surface area contributed by atoms with Crippen LogP contribution in [0.1, 0.15) is 65.0 Å². The standard InChI is InChI=1S/C28H40ClN5O/c1-8-11-13-20(6)34(27(21(7)35)26(29)19(4)5)18-22-14-16-23(17-15-22)24(10-3)25(12-9-2)28(30)32-33-31/h9-10,12,14-17,19,33H,2,6,8,11,13,18,31H2,1,3-5,7H3,(H2,30,32)/b24-10-,25-12+,27-26+. The molecule has 0 aromatic heterocycles. The van der Waals surface area contributed by atoms with Crippen LogP contribution in [0.2, 0.25) is 0 Å². The summed E-state index contributed by atoms with van der Waals surface area (Å²) < 4.78 is 0. The SMILES string of the molecule is C=C/C=C(C(=C/C)\c1ccc(CN(C(=C)CCCC)/C(C(C)=O)=C(/Cl)C(C)C)cc1)/C(N)=N/NN.